The number of ether oxygens (including phenoxy) is 1. The molecule has 30 heavy (non-hydrogen) atoms. The minimum Gasteiger partial charge on any atom is -0.437 e. The number of pyridine rings is 1. The first kappa shape index (κ1) is 21.1. The minimum absolute atomic E-state index is 0.0351. The fourth-order valence-electron chi connectivity index (χ4n) is 3.23. The van der Waals surface area contributed by atoms with Crippen LogP contribution in [0.5, 0.6) is 11.6 Å². The molecule has 0 bridgehead atoms. The lowest BCUT2D eigenvalue weighted by Crippen LogP contribution is -2.39. The normalized spacial score (nSPS) is 16.5. The van der Waals surface area contributed by atoms with Crippen molar-refractivity contribution in [3.8, 4) is 11.6 Å². The predicted octanol–water partition coefficient (Wildman–Crippen LogP) is 4.83. The molecule has 1 aliphatic heterocycles. The van der Waals surface area contributed by atoms with Gasteiger partial charge in [0.2, 0.25) is 5.88 Å². The van der Waals surface area contributed by atoms with Crippen LogP contribution in [0.15, 0.2) is 28.9 Å². The Balaban J connectivity index is 1.54. The number of nitrogens with one attached hydrogen (secondary N) is 2. The average Bonchev–Trinajstić information content (AvgIpc) is 3.42. The van der Waals surface area contributed by atoms with Gasteiger partial charge in [-0.05, 0) is 52.9 Å². The molecule has 2 aliphatic rings. The zero-order valence-corrected chi connectivity index (χ0v) is 17.6. The first-order valence-corrected chi connectivity index (χ1v) is 10.2. The fraction of sp³-hybridized carbons (Fsp3) is 0.421. The zero-order chi connectivity index (χ0) is 21.5. The van der Waals surface area contributed by atoms with Gasteiger partial charge >= 0.3 is 6.18 Å². The first-order chi connectivity index (χ1) is 14.2. The molecule has 1 aromatic carbocycles. The van der Waals surface area contributed by atoms with Crippen molar-refractivity contribution in [1.82, 2.24) is 15.4 Å². The summed E-state index contributed by atoms with van der Waals surface area (Å²) in [7, 11) is 1.92. The average molecular weight is 490 g/mol. The predicted molar refractivity (Wildman–Crippen MR) is 108 cm³/mol. The van der Waals surface area contributed by atoms with Gasteiger partial charge < -0.3 is 10.1 Å². The van der Waals surface area contributed by atoms with E-state index in [1.807, 2.05) is 18.2 Å². The van der Waals surface area contributed by atoms with E-state index in [1.54, 1.807) is 6.07 Å². The lowest BCUT2D eigenvalue weighted by atomic mass is 10.2. The Morgan fingerprint density at radius 3 is 2.80 bits per heavy atom. The Morgan fingerprint density at radius 2 is 2.10 bits per heavy atom. The van der Waals surface area contributed by atoms with Crippen LogP contribution < -0.4 is 20.5 Å². The van der Waals surface area contributed by atoms with Gasteiger partial charge in [0.05, 0.1) is 28.6 Å². The Hall–Kier alpha value is -2.11. The largest absolute Gasteiger partial charge is 0.437 e. The quantitative estimate of drug-likeness (QED) is 0.543. The van der Waals surface area contributed by atoms with Gasteiger partial charge in [-0.25, -0.2) is 9.37 Å². The highest BCUT2D eigenvalue weighted by Gasteiger charge is 2.33. The summed E-state index contributed by atoms with van der Waals surface area (Å²) in [5, 5.41) is 6.28. The van der Waals surface area contributed by atoms with Crippen molar-refractivity contribution in [3.63, 3.8) is 0 Å². The fourth-order valence-corrected chi connectivity index (χ4v) is 3.73. The number of benzene rings is 1. The van der Waals surface area contributed by atoms with Crippen LogP contribution in [0, 0.1) is 11.7 Å². The van der Waals surface area contributed by atoms with Gasteiger partial charge in [-0.3, -0.25) is 10.4 Å². The third-order valence-corrected chi connectivity index (χ3v) is 5.65. The molecule has 4 rings (SSSR count). The van der Waals surface area contributed by atoms with E-state index < -0.39 is 18.5 Å². The van der Waals surface area contributed by atoms with Gasteiger partial charge in [0.15, 0.2) is 0 Å². The number of hydrogen-bond donors (Lipinski definition) is 2. The van der Waals surface area contributed by atoms with E-state index in [0.29, 0.717) is 16.1 Å². The van der Waals surface area contributed by atoms with Crippen LogP contribution in [0.4, 0.5) is 28.9 Å². The topological polar surface area (TPSA) is 52.7 Å². The SMILES string of the molecule is CN1Nc2c(ccc(Oc3ncc(F)cc3CNCC(F)(F)F)c2Br)N1CC1CC1. The van der Waals surface area contributed by atoms with Crippen molar-refractivity contribution >= 4 is 27.3 Å². The zero-order valence-electron chi connectivity index (χ0n) is 16.1. The summed E-state index contributed by atoms with van der Waals surface area (Å²) in [6, 6.07) is 4.76. The van der Waals surface area contributed by atoms with E-state index >= 15 is 0 Å². The van der Waals surface area contributed by atoms with Gasteiger partial charge in [0.25, 0.3) is 0 Å². The standard InChI is InChI=1S/C19H20BrF4N5O/c1-28-27-17-14(29(28)9-11-2-3-11)4-5-15(16(17)20)30-18-12(6-13(21)8-26-18)7-25-10-19(22,23)24/h4-6,8,11,25,27H,2-3,7,9-10H2,1H3. The molecular formula is C19H20BrF4N5O. The molecule has 0 unspecified atom stereocenters. The van der Waals surface area contributed by atoms with Crippen LogP contribution in [-0.2, 0) is 6.54 Å². The molecule has 1 aromatic heterocycles. The maximum atomic E-state index is 13.6. The van der Waals surface area contributed by atoms with Crippen LogP contribution in [0.3, 0.4) is 0 Å². The molecule has 162 valence electrons. The smallest absolute Gasteiger partial charge is 0.401 e. The van der Waals surface area contributed by atoms with Crippen molar-refractivity contribution in [3.05, 3.63) is 40.2 Å². The second kappa shape index (κ2) is 8.20. The van der Waals surface area contributed by atoms with Crippen molar-refractivity contribution < 1.29 is 22.3 Å². The van der Waals surface area contributed by atoms with Gasteiger partial charge in [-0.2, -0.15) is 13.2 Å². The first-order valence-electron chi connectivity index (χ1n) is 9.41. The number of hydrazine groups is 2. The summed E-state index contributed by atoms with van der Waals surface area (Å²) in [6.45, 7) is -0.519. The Bertz CT molecular complexity index is 938. The molecule has 0 atom stereocenters. The van der Waals surface area contributed by atoms with Crippen molar-refractivity contribution in [2.24, 2.45) is 5.92 Å². The number of hydrogen-bond acceptors (Lipinski definition) is 6. The van der Waals surface area contributed by atoms with Crippen LogP contribution in [0.2, 0.25) is 0 Å². The van der Waals surface area contributed by atoms with E-state index in [1.165, 1.54) is 12.8 Å². The lowest BCUT2D eigenvalue weighted by molar-refractivity contribution is -0.125. The number of aromatic nitrogens is 1. The number of rotatable bonds is 7. The molecule has 2 N–H and O–H groups in total. The van der Waals surface area contributed by atoms with E-state index in [9.17, 15) is 17.6 Å². The van der Waals surface area contributed by atoms with Crippen LogP contribution in [-0.4, -0.2) is 36.4 Å². The maximum absolute atomic E-state index is 13.6. The summed E-state index contributed by atoms with van der Waals surface area (Å²) in [6.07, 6.45) is -0.949. The number of halogens is 5. The highest BCUT2D eigenvalue weighted by molar-refractivity contribution is 9.10. The van der Waals surface area contributed by atoms with E-state index in [4.69, 9.17) is 4.74 Å². The molecule has 1 aliphatic carbocycles. The molecule has 2 aromatic rings. The molecule has 1 saturated carbocycles. The molecular weight excluding hydrogens is 470 g/mol. The van der Waals surface area contributed by atoms with Gasteiger partial charge in [-0.1, -0.05) is 0 Å². The Morgan fingerprint density at radius 1 is 1.33 bits per heavy atom. The lowest BCUT2D eigenvalue weighted by Gasteiger charge is -2.25. The Labute approximate surface area is 179 Å². The van der Waals surface area contributed by atoms with Gasteiger partial charge in [0, 0.05) is 25.7 Å². The second-order valence-electron chi connectivity index (χ2n) is 7.37. The highest BCUT2D eigenvalue weighted by Crippen LogP contribution is 2.46. The summed E-state index contributed by atoms with van der Waals surface area (Å²) < 4.78 is 57.3. The molecule has 0 amide bonds. The summed E-state index contributed by atoms with van der Waals surface area (Å²) >= 11 is 3.54. The molecule has 0 radical (unpaired) electrons. The molecule has 2 heterocycles. The van der Waals surface area contributed by atoms with Crippen molar-refractivity contribution in [2.45, 2.75) is 25.6 Å². The third kappa shape index (κ3) is 4.79. The summed E-state index contributed by atoms with van der Waals surface area (Å²) in [4.78, 5) is 3.92. The van der Waals surface area contributed by atoms with Crippen LogP contribution >= 0.6 is 15.9 Å². The minimum atomic E-state index is -4.37. The number of alkyl halides is 3. The number of anilines is 2. The van der Waals surface area contributed by atoms with Gasteiger partial charge in [0.1, 0.15) is 11.6 Å². The monoisotopic (exact) mass is 489 g/mol. The summed E-state index contributed by atoms with van der Waals surface area (Å²) in [5.74, 6) is 0.482. The number of fused-ring (bicyclic) bond motifs is 1. The molecule has 6 nitrogen and oxygen atoms in total. The van der Waals surface area contributed by atoms with Crippen LogP contribution in [0.1, 0.15) is 18.4 Å². The second-order valence-corrected chi connectivity index (χ2v) is 8.16. The molecule has 1 fully saturated rings. The molecule has 11 heteroatoms. The van der Waals surface area contributed by atoms with Crippen LogP contribution in [0.25, 0.3) is 0 Å². The van der Waals surface area contributed by atoms with Crippen molar-refractivity contribution in [2.75, 3.05) is 30.6 Å². The van der Waals surface area contributed by atoms with E-state index in [-0.39, 0.29) is 18.0 Å². The number of nitrogens with zero attached hydrogens (tertiary/aromatic N) is 3. The van der Waals surface area contributed by atoms with E-state index in [0.717, 1.165) is 30.2 Å². The molecule has 0 saturated heterocycles. The Kier molecular flexibility index (Phi) is 5.78. The molecule has 0 spiro atoms. The third-order valence-electron chi connectivity index (χ3n) is 4.87. The highest BCUT2D eigenvalue weighted by atomic mass is 79.9. The van der Waals surface area contributed by atoms with Crippen molar-refractivity contribution in [1.29, 1.82) is 0 Å². The maximum Gasteiger partial charge on any atom is 0.401 e. The summed E-state index contributed by atoms with van der Waals surface area (Å²) in [5.41, 5.74) is 5.25. The van der Waals surface area contributed by atoms with E-state index in [2.05, 4.69) is 36.7 Å². The van der Waals surface area contributed by atoms with Gasteiger partial charge in [-0.15, -0.1) is 5.12 Å².